The lowest BCUT2D eigenvalue weighted by atomic mass is 9.89. The normalized spacial score (nSPS) is 16.0. The van der Waals surface area contributed by atoms with Gasteiger partial charge >= 0.3 is 11.7 Å². The van der Waals surface area contributed by atoms with E-state index >= 15 is 0 Å². The van der Waals surface area contributed by atoms with Gasteiger partial charge in [-0.2, -0.15) is 5.10 Å². The molecule has 1 fully saturated rings. The number of aromatic amines is 1. The molecule has 3 heterocycles. The van der Waals surface area contributed by atoms with Gasteiger partial charge in [0.05, 0.1) is 10.4 Å². The molecule has 6 nitrogen and oxygen atoms in total. The van der Waals surface area contributed by atoms with E-state index in [0.29, 0.717) is 41.1 Å². The van der Waals surface area contributed by atoms with Crippen molar-refractivity contribution >= 4 is 28.9 Å². The number of nitrogens with zero attached hydrogens (tertiary/aromatic N) is 1. The van der Waals surface area contributed by atoms with Gasteiger partial charge in [0.2, 0.25) is 6.79 Å². The number of thiophene rings is 1. The summed E-state index contributed by atoms with van der Waals surface area (Å²) in [5.74, 6) is 0.821. The molecule has 1 aliphatic carbocycles. The molecule has 0 atom stereocenters. The van der Waals surface area contributed by atoms with Gasteiger partial charge in [0.25, 0.3) is 0 Å². The highest BCUT2D eigenvalue weighted by Gasteiger charge is 2.34. The highest BCUT2D eigenvalue weighted by Crippen LogP contribution is 2.39. The number of halogens is 1. The summed E-state index contributed by atoms with van der Waals surface area (Å²) in [6, 6.07) is 7.59. The molecule has 8 heteroatoms. The van der Waals surface area contributed by atoms with Crippen molar-refractivity contribution in [3.8, 4) is 22.1 Å². The first-order chi connectivity index (χ1) is 15.1. The van der Waals surface area contributed by atoms with Crippen molar-refractivity contribution in [2.75, 3.05) is 6.79 Å². The lowest BCUT2D eigenvalue weighted by Gasteiger charge is -2.17. The van der Waals surface area contributed by atoms with Crippen LogP contribution in [0.15, 0.2) is 29.6 Å². The van der Waals surface area contributed by atoms with E-state index in [1.54, 1.807) is 17.4 Å². The zero-order chi connectivity index (χ0) is 21.4. The number of rotatable bonds is 6. The van der Waals surface area contributed by atoms with Gasteiger partial charge in [-0.3, -0.25) is 0 Å². The van der Waals surface area contributed by atoms with E-state index in [2.05, 4.69) is 5.10 Å². The minimum Gasteiger partial charge on any atom is -0.473 e. The number of carboxylic acids is 1. The molecular formula is C23H24ClN2O4S+. The molecule has 0 radical (unpaired) electrons. The first kappa shape index (κ1) is 20.4. The Balaban J connectivity index is 1.58. The molecule has 0 saturated heterocycles. The van der Waals surface area contributed by atoms with Crippen LogP contribution in [0.2, 0.25) is 5.02 Å². The average Bonchev–Trinajstić information content (AvgIpc) is 3.49. The van der Waals surface area contributed by atoms with Crippen LogP contribution < -0.4 is 14.2 Å². The molecule has 2 aliphatic rings. The number of aromatic nitrogens is 2. The Morgan fingerprint density at radius 3 is 2.71 bits per heavy atom. The van der Waals surface area contributed by atoms with Gasteiger partial charge < -0.3 is 14.6 Å². The molecule has 162 valence electrons. The molecule has 0 bridgehead atoms. The molecule has 1 aromatic carbocycles. The third-order valence-electron chi connectivity index (χ3n) is 6.15. The quantitative estimate of drug-likeness (QED) is 0.491. The fourth-order valence-electron chi connectivity index (χ4n) is 4.63. The lowest BCUT2D eigenvalue weighted by molar-refractivity contribution is -0.757. The number of nitrogens with one attached hydrogen (secondary N) is 1. The summed E-state index contributed by atoms with van der Waals surface area (Å²) in [5, 5.41) is 16.1. The van der Waals surface area contributed by atoms with Gasteiger partial charge in [0, 0.05) is 23.4 Å². The van der Waals surface area contributed by atoms with Crippen LogP contribution in [0, 0.1) is 5.92 Å². The maximum absolute atomic E-state index is 12.4. The van der Waals surface area contributed by atoms with E-state index in [0.717, 1.165) is 34.5 Å². The fraction of sp³-hybridized carbons (Fsp3) is 0.391. The van der Waals surface area contributed by atoms with Gasteiger partial charge in [-0.25, -0.2) is 4.79 Å². The third kappa shape index (κ3) is 4.04. The second-order valence-electron chi connectivity index (χ2n) is 8.18. The highest BCUT2D eigenvalue weighted by molar-refractivity contribution is 7.13. The van der Waals surface area contributed by atoms with E-state index in [4.69, 9.17) is 21.1 Å². The summed E-state index contributed by atoms with van der Waals surface area (Å²) in [5.41, 5.74) is 2.71. The van der Waals surface area contributed by atoms with Gasteiger partial charge in [0.1, 0.15) is 5.69 Å². The summed E-state index contributed by atoms with van der Waals surface area (Å²) in [6.07, 6.45) is 6.37. The molecule has 0 unspecified atom stereocenters. The van der Waals surface area contributed by atoms with Crippen molar-refractivity contribution in [3.63, 3.8) is 0 Å². The second-order valence-corrected chi connectivity index (χ2v) is 9.54. The van der Waals surface area contributed by atoms with Crippen molar-refractivity contribution in [3.05, 3.63) is 51.5 Å². The Labute approximate surface area is 189 Å². The van der Waals surface area contributed by atoms with Crippen molar-refractivity contribution in [2.45, 2.75) is 45.1 Å². The Bertz CT molecular complexity index is 1100. The Kier molecular flexibility index (Phi) is 5.63. The highest BCUT2D eigenvalue weighted by atomic mass is 35.5. The van der Waals surface area contributed by atoms with E-state index in [-0.39, 0.29) is 6.79 Å². The largest absolute Gasteiger partial charge is 0.473 e. The van der Waals surface area contributed by atoms with Crippen molar-refractivity contribution in [2.24, 2.45) is 5.92 Å². The minimum atomic E-state index is -0.929. The predicted molar refractivity (Wildman–Crippen MR) is 118 cm³/mol. The van der Waals surface area contributed by atoms with E-state index < -0.39 is 5.97 Å². The van der Waals surface area contributed by atoms with Crippen molar-refractivity contribution in [1.82, 2.24) is 5.10 Å². The number of H-pyrrole nitrogens is 1. The Morgan fingerprint density at radius 1 is 1.23 bits per heavy atom. The van der Waals surface area contributed by atoms with Crippen LogP contribution in [-0.2, 0) is 13.0 Å². The molecule has 0 spiro atoms. The summed E-state index contributed by atoms with van der Waals surface area (Å²) < 4.78 is 12.8. The predicted octanol–water partition coefficient (Wildman–Crippen LogP) is 5.28. The maximum Gasteiger partial charge on any atom is 0.404 e. The molecule has 5 rings (SSSR count). The zero-order valence-electron chi connectivity index (χ0n) is 17.0. The van der Waals surface area contributed by atoms with Crippen LogP contribution in [0.3, 0.4) is 0 Å². The number of aromatic carboxylic acids is 1. The van der Waals surface area contributed by atoms with Gasteiger partial charge in [0.15, 0.2) is 18.0 Å². The fourth-order valence-corrected chi connectivity index (χ4v) is 5.60. The number of carboxylic acid groups (broad SMARTS) is 1. The van der Waals surface area contributed by atoms with Gasteiger partial charge in [-0.05, 0) is 35.9 Å². The molecule has 31 heavy (non-hydrogen) atoms. The van der Waals surface area contributed by atoms with Crippen molar-refractivity contribution < 1.29 is 24.1 Å². The first-order valence-corrected chi connectivity index (χ1v) is 11.9. The van der Waals surface area contributed by atoms with Crippen LogP contribution in [0.1, 0.15) is 53.7 Å². The first-order valence-electron chi connectivity index (χ1n) is 10.6. The topological polar surface area (TPSA) is 75.4 Å². The minimum absolute atomic E-state index is 0.168. The number of ether oxygens (including phenoxy) is 2. The number of fused-ring (bicyclic) bond motifs is 1. The summed E-state index contributed by atoms with van der Waals surface area (Å²) >= 11 is 8.12. The summed E-state index contributed by atoms with van der Waals surface area (Å²) in [6.45, 7) is 0.857. The smallest absolute Gasteiger partial charge is 0.404 e. The summed E-state index contributed by atoms with van der Waals surface area (Å²) in [7, 11) is 0. The van der Waals surface area contributed by atoms with Crippen LogP contribution >= 0.6 is 22.9 Å². The molecule has 2 N–H and O–H groups in total. The molecule has 1 saturated carbocycles. The standard InChI is InChI=1S/C23H23ClN2O4S/c24-17-11-19-18(29-13-30-19)10-15(17)9-16-21(20-7-4-8-31-20)25-26(22(16)23(27)28)12-14-5-2-1-3-6-14/h4,7-8,10-11,14H,1-3,5-6,9,12-13H2,(H,27,28)/p+1. The monoisotopic (exact) mass is 459 g/mol. The molecule has 2 aromatic heterocycles. The number of hydrogen-bond acceptors (Lipinski definition) is 4. The Hall–Kier alpha value is -2.51. The number of carbonyl (C=O) groups is 1. The van der Waals surface area contributed by atoms with Crippen LogP contribution in [0.25, 0.3) is 10.6 Å². The molecular weight excluding hydrogens is 436 g/mol. The summed E-state index contributed by atoms with van der Waals surface area (Å²) in [4.78, 5) is 13.4. The molecule has 0 amide bonds. The third-order valence-corrected chi connectivity index (χ3v) is 7.39. The second kappa shape index (κ2) is 8.55. The average molecular weight is 460 g/mol. The number of benzene rings is 1. The zero-order valence-corrected chi connectivity index (χ0v) is 18.6. The SMILES string of the molecule is O=C(O)c1c(Cc2cc3c(cc2Cl)OCO3)c(-c2cccs2)[nH][n+]1CC1CCCCC1. The van der Waals surface area contributed by atoms with Gasteiger partial charge in [-0.1, -0.05) is 36.9 Å². The van der Waals surface area contributed by atoms with Crippen LogP contribution in [0.5, 0.6) is 11.5 Å². The molecule has 3 aromatic rings. The van der Waals surface area contributed by atoms with E-state index in [1.807, 2.05) is 28.3 Å². The molecule has 1 aliphatic heterocycles. The maximum atomic E-state index is 12.4. The van der Waals surface area contributed by atoms with Crippen LogP contribution in [0.4, 0.5) is 0 Å². The van der Waals surface area contributed by atoms with E-state index in [1.165, 1.54) is 19.3 Å². The van der Waals surface area contributed by atoms with E-state index in [9.17, 15) is 9.90 Å². The van der Waals surface area contributed by atoms with Crippen LogP contribution in [-0.4, -0.2) is 23.0 Å². The van der Waals surface area contributed by atoms with Gasteiger partial charge in [-0.15, -0.1) is 16.0 Å². The lowest BCUT2D eigenvalue weighted by Crippen LogP contribution is -2.45. The number of hydrogen-bond donors (Lipinski definition) is 2. The van der Waals surface area contributed by atoms with Crippen molar-refractivity contribution in [1.29, 1.82) is 0 Å². The Morgan fingerprint density at radius 2 is 2.00 bits per heavy atom.